The zero-order valence-corrected chi connectivity index (χ0v) is 13.1. The minimum absolute atomic E-state index is 0.0731. The average Bonchev–Trinajstić information content (AvgIpc) is 2.86. The van der Waals surface area contributed by atoms with E-state index in [1.54, 1.807) is 4.98 Å². The lowest BCUT2D eigenvalue weighted by Crippen LogP contribution is -2.29. The van der Waals surface area contributed by atoms with Crippen molar-refractivity contribution >= 4 is 42.4 Å². The summed E-state index contributed by atoms with van der Waals surface area (Å²) < 4.78 is 26.9. The summed E-state index contributed by atoms with van der Waals surface area (Å²) in [5.74, 6) is 0. The molecule has 0 radical (unpaired) electrons. The first kappa shape index (κ1) is 15.8. The van der Waals surface area contributed by atoms with Crippen LogP contribution >= 0.6 is 11.3 Å². The number of H-pyrrole nitrogens is 2. The Morgan fingerprint density at radius 1 is 1.29 bits per heavy atom. The number of anilines is 1. The van der Waals surface area contributed by atoms with Gasteiger partial charge in [-0.2, -0.15) is 0 Å². The highest BCUT2D eigenvalue weighted by atomic mass is 32.2. The molecule has 13 heteroatoms. The fraction of sp³-hybridized carbons (Fsp3) is 0. The number of benzene rings is 1. The van der Waals surface area contributed by atoms with Crippen molar-refractivity contribution in [3.63, 3.8) is 0 Å². The second kappa shape index (κ2) is 5.54. The van der Waals surface area contributed by atoms with Crippen molar-refractivity contribution in [3.8, 4) is 0 Å². The number of rotatable bonds is 4. The van der Waals surface area contributed by atoms with E-state index in [9.17, 15) is 28.1 Å². The Hall–Kier alpha value is -3.06. The summed E-state index contributed by atoms with van der Waals surface area (Å²) in [5.41, 5.74) is -1.72. The lowest BCUT2D eigenvalue weighted by Gasteiger charge is -2.02. The Morgan fingerprint density at radius 3 is 2.71 bits per heavy atom. The van der Waals surface area contributed by atoms with Gasteiger partial charge >= 0.3 is 5.69 Å². The number of aromatic amines is 2. The second-order valence-corrected chi connectivity index (χ2v) is 7.15. The first-order valence-corrected chi connectivity index (χ1v) is 8.46. The Balaban J connectivity index is 2.00. The molecule has 2 aromatic heterocycles. The third-order valence-electron chi connectivity index (χ3n) is 2.88. The van der Waals surface area contributed by atoms with Crippen LogP contribution in [-0.4, -0.2) is 28.3 Å². The molecule has 0 aliphatic rings. The smallest absolute Gasteiger partial charge is 0.313 e. The summed E-state index contributed by atoms with van der Waals surface area (Å²) in [4.78, 5) is 39.8. The van der Waals surface area contributed by atoms with E-state index in [2.05, 4.69) is 14.7 Å². The van der Waals surface area contributed by atoms with Gasteiger partial charge in [-0.15, -0.1) is 0 Å². The lowest BCUT2D eigenvalue weighted by molar-refractivity contribution is -0.384. The predicted octanol–water partition coefficient (Wildman–Crippen LogP) is 0.382. The molecule has 0 atom stereocenters. The molecule has 24 heavy (non-hydrogen) atoms. The first-order chi connectivity index (χ1) is 11.3. The van der Waals surface area contributed by atoms with E-state index in [4.69, 9.17) is 0 Å². The van der Waals surface area contributed by atoms with Crippen molar-refractivity contribution in [2.75, 3.05) is 4.72 Å². The summed E-state index contributed by atoms with van der Waals surface area (Å²) in [6.45, 7) is 0. The Bertz CT molecular complexity index is 1180. The Kier molecular flexibility index (Phi) is 3.65. The molecule has 3 N–H and O–H groups in total. The van der Waals surface area contributed by atoms with Gasteiger partial charge in [-0.25, -0.2) is 18.2 Å². The largest absolute Gasteiger partial charge is 0.325 e. The zero-order chi connectivity index (χ0) is 17.5. The number of nitrogens with zero attached hydrogens (tertiary/aromatic N) is 2. The number of nitro benzene ring substituents is 1. The van der Waals surface area contributed by atoms with Crippen LogP contribution in [-0.2, 0) is 10.0 Å². The molecule has 0 amide bonds. The van der Waals surface area contributed by atoms with E-state index < -0.39 is 31.1 Å². The number of non-ortho nitro benzene ring substituents is 1. The van der Waals surface area contributed by atoms with Gasteiger partial charge < -0.3 is 4.98 Å². The van der Waals surface area contributed by atoms with Gasteiger partial charge in [0.15, 0.2) is 10.0 Å². The van der Waals surface area contributed by atoms with Crippen LogP contribution in [0, 0.1) is 10.1 Å². The first-order valence-electron chi connectivity index (χ1n) is 6.16. The molecule has 3 aromatic rings. The number of sulfonamides is 1. The van der Waals surface area contributed by atoms with Crippen LogP contribution in [0.15, 0.2) is 38.9 Å². The highest BCUT2D eigenvalue weighted by Gasteiger charge is 2.21. The van der Waals surface area contributed by atoms with Crippen molar-refractivity contribution in [1.29, 1.82) is 0 Å². The molecule has 0 saturated heterocycles. The van der Waals surface area contributed by atoms with Gasteiger partial charge in [0.2, 0.25) is 0 Å². The quantitative estimate of drug-likeness (QED) is 0.441. The maximum atomic E-state index is 12.2. The molecule has 11 nitrogen and oxygen atoms in total. The van der Waals surface area contributed by atoms with E-state index in [-0.39, 0.29) is 10.8 Å². The fourth-order valence-electron chi connectivity index (χ4n) is 1.84. The molecule has 0 bridgehead atoms. The minimum Gasteiger partial charge on any atom is -0.313 e. The van der Waals surface area contributed by atoms with Gasteiger partial charge in [-0.05, 0) is 6.07 Å². The minimum atomic E-state index is -4.28. The van der Waals surface area contributed by atoms with Crippen molar-refractivity contribution in [2.24, 2.45) is 0 Å². The van der Waals surface area contributed by atoms with Crippen LogP contribution in [0.3, 0.4) is 0 Å². The fourth-order valence-corrected chi connectivity index (χ4v) is 3.98. The van der Waals surface area contributed by atoms with Crippen molar-refractivity contribution in [1.82, 2.24) is 15.0 Å². The third kappa shape index (κ3) is 2.89. The summed E-state index contributed by atoms with van der Waals surface area (Å²) in [7, 11) is -4.28. The molecule has 0 unspecified atom stereocenters. The molecule has 0 fully saturated rings. The Morgan fingerprint density at radius 2 is 2.04 bits per heavy atom. The number of fused-ring (bicyclic) bond motifs is 1. The van der Waals surface area contributed by atoms with Crippen LogP contribution < -0.4 is 16.0 Å². The number of aromatic nitrogens is 3. The molecule has 124 valence electrons. The highest BCUT2D eigenvalue weighted by molar-refractivity contribution is 7.93. The van der Waals surface area contributed by atoms with Crippen molar-refractivity contribution < 1.29 is 13.3 Å². The van der Waals surface area contributed by atoms with Crippen LogP contribution in [0.2, 0.25) is 0 Å². The number of hydrogen-bond donors (Lipinski definition) is 3. The van der Waals surface area contributed by atoms with E-state index >= 15 is 0 Å². The molecule has 0 aliphatic carbocycles. The van der Waals surface area contributed by atoms with Gasteiger partial charge in [0.05, 0.1) is 15.1 Å². The highest BCUT2D eigenvalue weighted by Crippen LogP contribution is 2.30. The Labute approximate surface area is 136 Å². The maximum Gasteiger partial charge on any atom is 0.325 e. The van der Waals surface area contributed by atoms with E-state index in [1.807, 2.05) is 0 Å². The van der Waals surface area contributed by atoms with Crippen molar-refractivity contribution in [3.05, 3.63) is 55.3 Å². The predicted molar refractivity (Wildman–Crippen MR) is 84.8 cm³/mol. The third-order valence-corrected chi connectivity index (χ3v) is 5.29. The van der Waals surface area contributed by atoms with Crippen LogP contribution in [0.1, 0.15) is 0 Å². The maximum absolute atomic E-state index is 12.2. The van der Waals surface area contributed by atoms with Gasteiger partial charge in [-0.3, -0.25) is 24.6 Å². The number of hydrogen-bond acceptors (Lipinski definition) is 8. The number of nitrogens with one attached hydrogen (secondary N) is 3. The van der Waals surface area contributed by atoms with Crippen LogP contribution in [0.5, 0.6) is 0 Å². The summed E-state index contributed by atoms with van der Waals surface area (Å²) >= 11 is 0.869. The number of nitro groups is 1. The SMILES string of the molecule is O=c1[nH]cc(S(=O)(=O)Nc2nc3ccc([N+](=O)[O-])cc3s2)c(=O)[nH]1. The molecule has 0 saturated carbocycles. The van der Waals surface area contributed by atoms with E-state index in [1.165, 1.54) is 18.2 Å². The monoisotopic (exact) mass is 369 g/mol. The molecule has 2 heterocycles. The summed E-state index contributed by atoms with van der Waals surface area (Å²) in [6.07, 6.45) is 0.766. The molecule has 0 aliphatic heterocycles. The number of thiazole rings is 1. The zero-order valence-electron chi connectivity index (χ0n) is 11.5. The van der Waals surface area contributed by atoms with Crippen molar-refractivity contribution in [2.45, 2.75) is 4.90 Å². The molecular weight excluding hydrogens is 362 g/mol. The van der Waals surface area contributed by atoms with E-state index in [0.717, 1.165) is 17.5 Å². The normalized spacial score (nSPS) is 11.5. The van der Waals surface area contributed by atoms with E-state index in [0.29, 0.717) is 10.2 Å². The summed E-state index contributed by atoms with van der Waals surface area (Å²) in [6, 6.07) is 3.89. The molecular formula is C11H7N5O6S2. The second-order valence-electron chi connectivity index (χ2n) is 4.47. The van der Waals surface area contributed by atoms with Gasteiger partial charge in [0, 0.05) is 18.3 Å². The van der Waals surface area contributed by atoms with Gasteiger partial charge in [0.25, 0.3) is 21.3 Å². The summed E-state index contributed by atoms with van der Waals surface area (Å²) in [5, 5.41) is 10.7. The van der Waals surface area contributed by atoms with Gasteiger partial charge in [0.1, 0.15) is 0 Å². The van der Waals surface area contributed by atoms with Gasteiger partial charge in [-0.1, -0.05) is 11.3 Å². The average molecular weight is 369 g/mol. The molecule has 0 spiro atoms. The standard InChI is InChI=1S/C11H7N5O6S2/c17-9-8(4-12-10(18)14-9)24(21,22)15-11-13-6-2-1-5(16(19)20)3-7(6)23-11/h1-4H,(H,13,15)(H2,12,14,17,18). The van der Waals surface area contributed by atoms with Crippen LogP contribution in [0.25, 0.3) is 10.2 Å². The topological polar surface area (TPSA) is 168 Å². The molecule has 3 rings (SSSR count). The van der Waals surface area contributed by atoms with Crippen LogP contribution in [0.4, 0.5) is 10.8 Å². The molecule has 1 aromatic carbocycles. The lowest BCUT2D eigenvalue weighted by atomic mass is 10.3.